The van der Waals surface area contributed by atoms with Crippen molar-refractivity contribution in [1.82, 2.24) is 14.7 Å². The molecule has 0 aliphatic carbocycles. The van der Waals surface area contributed by atoms with Crippen LogP contribution in [0.1, 0.15) is 0 Å². The summed E-state index contributed by atoms with van der Waals surface area (Å²) in [5, 5.41) is 3.29. The summed E-state index contributed by atoms with van der Waals surface area (Å²) in [6.45, 7) is 5.80. The highest BCUT2D eigenvalue weighted by molar-refractivity contribution is 7.61. The third-order valence-electron chi connectivity index (χ3n) is 2.68. The standard InChI is InChI=1S/C10H29N4PSi/c1-11-10-15(13(2)3,14(4)5)12-8-9-16(6)7/h11,16H,8-10H2,1-7H3. The van der Waals surface area contributed by atoms with E-state index in [1.807, 2.05) is 7.05 Å². The summed E-state index contributed by atoms with van der Waals surface area (Å²) in [5.41, 5.74) is 0. The summed E-state index contributed by atoms with van der Waals surface area (Å²) in [5.74, 6) is 0. The first kappa shape index (κ1) is 16.3. The Hall–Kier alpha value is 0.327. The minimum atomic E-state index is -1.49. The molecule has 16 heavy (non-hydrogen) atoms. The van der Waals surface area contributed by atoms with Crippen molar-refractivity contribution in [1.29, 1.82) is 0 Å². The Morgan fingerprint density at radius 2 is 1.62 bits per heavy atom. The fourth-order valence-electron chi connectivity index (χ4n) is 1.63. The zero-order valence-corrected chi connectivity index (χ0v) is 14.0. The fourth-order valence-corrected chi connectivity index (χ4v) is 5.24. The van der Waals surface area contributed by atoms with E-state index in [4.69, 9.17) is 4.74 Å². The molecule has 0 atom stereocenters. The maximum absolute atomic E-state index is 5.02. The summed E-state index contributed by atoms with van der Waals surface area (Å²) in [6.07, 6.45) is 0.965. The molecule has 0 unspecified atom stereocenters. The maximum atomic E-state index is 5.02. The van der Waals surface area contributed by atoms with Crippen LogP contribution in [0.5, 0.6) is 0 Å². The van der Waals surface area contributed by atoms with Crippen molar-refractivity contribution in [3.8, 4) is 0 Å². The highest BCUT2D eigenvalue weighted by atomic mass is 31.2. The van der Waals surface area contributed by atoms with Crippen LogP contribution in [-0.4, -0.2) is 66.2 Å². The lowest BCUT2D eigenvalue weighted by molar-refractivity contribution is 0.550. The normalized spacial score (nSPS) is 12.9. The van der Waals surface area contributed by atoms with Gasteiger partial charge < -0.3 is 5.32 Å². The molecule has 0 rings (SSSR count). The molecule has 0 aliphatic heterocycles. The zero-order chi connectivity index (χ0) is 12.8. The topological polar surface area (TPSA) is 30.9 Å². The molecule has 0 saturated carbocycles. The zero-order valence-electron chi connectivity index (χ0n) is 12.0. The third kappa shape index (κ3) is 4.68. The van der Waals surface area contributed by atoms with Crippen LogP contribution in [0, 0.1) is 0 Å². The van der Waals surface area contributed by atoms with E-state index in [9.17, 15) is 0 Å². The van der Waals surface area contributed by atoms with E-state index in [1.54, 1.807) is 0 Å². The van der Waals surface area contributed by atoms with Gasteiger partial charge in [-0.1, -0.05) is 13.1 Å². The van der Waals surface area contributed by atoms with E-state index in [2.05, 4.69) is 55.9 Å². The Morgan fingerprint density at radius 1 is 1.12 bits per heavy atom. The molecule has 0 fully saturated rings. The summed E-state index contributed by atoms with van der Waals surface area (Å²) in [4.78, 5) is 0. The van der Waals surface area contributed by atoms with Crippen LogP contribution in [-0.2, 0) is 0 Å². The molecule has 4 nitrogen and oxygen atoms in total. The molecule has 0 heterocycles. The van der Waals surface area contributed by atoms with E-state index < -0.39 is 16.2 Å². The molecule has 0 aliphatic rings. The molecule has 6 heteroatoms. The summed E-state index contributed by atoms with van der Waals surface area (Å²) < 4.78 is 9.61. The second-order valence-corrected chi connectivity index (χ2v) is 11.9. The van der Waals surface area contributed by atoms with Gasteiger partial charge in [0.15, 0.2) is 0 Å². The van der Waals surface area contributed by atoms with Gasteiger partial charge in [-0.25, -0.2) is 0 Å². The Labute approximate surface area is 103 Å². The van der Waals surface area contributed by atoms with Gasteiger partial charge in [0.05, 0.1) is 6.29 Å². The highest BCUT2D eigenvalue weighted by Gasteiger charge is 2.23. The number of nitrogens with zero attached hydrogens (tertiary/aromatic N) is 3. The van der Waals surface area contributed by atoms with Crippen LogP contribution in [0.4, 0.5) is 0 Å². The Balaban J connectivity index is 4.87. The van der Waals surface area contributed by atoms with Crippen molar-refractivity contribution in [2.75, 3.05) is 48.1 Å². The number of rotatable bonds is 7. The van der Waals surface area contributed by atoms with E-state index in [0.717, 1.165) is 12.8 Å². The monoisotopic (exact) mass is 264 g/mol. The van der Waals surface area contributed by atoms with Crippen molar-refractivity contribution in [3.05, 3.63) is 0 Å². The average molecular weight is 264 g/mol. The molecule has 0 aromatic heterocycles. The Kier molecular flexibility index (Phi) is 7.77. The smallest absolute Gasteiger partial charge is 0.109 e. The first-order valence-electron chi connectivity index (χ1n) is 5.94. The van der Waals surface area contributed by atoms with Crippen LogP contribution < -0.4 is 5.32 Å². The van der Waals surface area contributed by atoms with Crippen molar-refractivity contribution >= 4 is 16.2 Å². The molecule has 1 N–H and O–H groups in total. The van der Waals surface area contributed by atoms with Crippen molar-refractivity contribution in [2.45, 2.75) is 19.1 Å². The molecule has 0 aromatic rings. The predicted octanol–water partition coefficient (Wildman–Crippen LogP) is 1.80. The minimum Gasteiger partial charge on any atom is -0.312 e. The van der Waals surface area contributed by atoms with Crippen molar-refractivity contribution in [2.24, 2.45) is 4.74 Å². The van der Waals surface area contributed by atoms with E-state index >= 15 is 0 Å². The van der Waals surface area contributed by atoms with Gasteiger partial charge in [-0.2, -0.15) is 0 Å². The quantitative estimate of drug-likeness (QED) is 0.562. The van der Waals surface area contributed by atoms with Crippen LogP contribution in [0.3, 0.4) is 0 Å². The van der Waals surface area contributed by atoms with Crippen LogP contribution in [0.15, 0.2) is 4.74 Å². The van der Waals surface area contributed by atoms with Crippen LogP contribution in [0.25, 0.3) is 0 Å². The highest BCUT2D eigenvalue weighted by Crippen LogP contribution is 2.51. The Bertz CT molecular complexity index is 229. The molecule has 0 radical (unpaired) electrons. The lowest BCUT2D eigenvalue weighted by atomic mass is 10.8. The maximum Gasteiger partial charge on any atom is 0.109 e. The summed E-state index contributed by atoms with van der Waals surface area (Å²) in [7, 11) is 8.60. The lowest BCUT2D eigenvalue weighted by Crippen LogP contribution is -2.28. The average Bonchev–Trinajstić information content (AvgIpc) is 2.14. The van der Waals surface area contributed by atoms with Gasteiger partial charge in [0, 0.05) is 15.3 Å². The number of nitrogens with one attached hydrogen (secondary N) is 1. The van der Waals surface area contributed by atoms with Crippen molar-refractivity contribution in [3.63, 3.8) is 0 Å². The second kappa shape index (κ2) is 7.61. The largest absolute Gasteiger partial charge is 0.312 e. The number of hydrogen-bond acceptors (Lipinski definition) is 2. The van der Waals surface area contributed by atoms with Gasteiger partial charge in [-0.15, -0.1) is 0 Å². The van der Waals surface area contributed by atoms with Gasteiger partial charge in [-0.05, 0) is 41.3 Å². The molecule has 98 valence electrons. The Morgan fingerprint density at radius 3 is 1.94 bits per heavy atom. The molecular weight excluding hydrogens is 235 g/mol. The van der Waals surface area contributed by atoms with Gasteiger partial charge in [0.1, 0.15) is 7.36 Å². The lowest BCUT2D eigenvalue weighted by Gasteiger charge is -2.36. The van der Waals surface area contributed by atoms with Gasteiger partial charge in [0.2, 0.25) is 0 Å². The molecular formula is C10H29N4PSi. The molecule has 0 aromatic carbocycles. The van der Waals surface area contributed by atoms with E-state index in [-0.39, 0.29) is 0 Å². The van der Waals surface area contributed by atoms with E-state index in [1.165, 1.54) is 6.04 Å². The van der Waals surface area contributed by atoms with Gasteiger partial charge in [0.25, 0.3) is 0 Å². The second-order valence-electron chi connectivity index (χ2n) is 4.95. The van der Waals surface area contributed by atoms with Crippen LogP contribution in [0.2, 0.25) is 19.1 Å². The SMILES string of the molecule is CNCP(=NCC[SiH](C)C)(N(C)C)N(C)C. The first-order chi connectivity index (χ1) is 7.36. The summed E-state index contributed by atoms with van der Waals surface area (Å²) >= 11 is 0. The van der Waals surface area contributed by atoms with Crippen LogP contribution >= 0.6 is 7.36 Å². The van der Waals surface area contributed by atoms with Crippen molar-refractivity contribution < 1.29 is 0 Å². The predicted molar refractivity (Wildman–Crippen MR) is 79.2 cm³/mol. The fraction of sp³-hybridized carbons (Fsp3) is 1.00. The number of hydrogen-bond donors (Lipinski definition) is 1. The third-order valence-corrected chi connectivity index (χ3v) is 8.05. The van der Waals surface area contributed by atoms with Gasteiger partial charge >= 0.3 is 0 Å². The van der Waals surface area contributed by atoms with Gasteiger partial charge in [-0.3, -0.25) is 14.1 Å². The first-order valence-corrected chi connectivity index (χ1v) is 10.9. The van der Waals surface area contributed by atoms with E-state index in [0.29, 0.717) is 0 Å². The molecule has 0 spiro atoms. The summed E-state index contributed by atoms with van der Waals surface area (Å²) in [6, 6.07) is 1.31. The minimum absolute atomic E-state index is 0.476. The molecule has 0 saturated heterocycles. The molecule has 0 bridgehead atoms. The molecule has 0 amide bonds.